The maximum atomic E-state index is 13.3. The molecule has 4 nitrogen and oxygen atoms in total. The van der Waals surface area contributed by atoms with E-state index in [1.165, 1.54) is 18.4 Å². The number of rotatable bonds is 3. The number of ether oxygens (including phenoxy) is 1. The molecule has 3 aromatic rings. The Morgan fingerprint density at radius 3 is 2.59 bits per heavy atom. The van der Waals surface area contributed by atoms with Gasteiger partial charge in [-0.3, -0.25) is 9.69 Å². The Morgan fingerprint density at radius 1 is 1.07 bits per heavy atom. The number of thiophene rings is 1. The highest BCUT2D eigenvalue weighted by Crippen LogP contribution is 2.38. The lowest BCUT2D eigenvalue weighted by Crippen LogP contribution is -2.24. The van der Waals surface area contributed by atoms with Crippen LogP contribution in [0.4, 0.5) is 5.69 Å². The van der Waals surface area contributed by atoms with Crippen LogP contribution in [0.3, 0.4) is 0 Å². The molecule has 0 unspecified atom stereocenters. The molecule has 5 heteroatoms. The third-order valence-corrected chi connectivity index (χ3v) is 5.45. The van der Waals surface area contributed by atoms with E-state index in [-0.39, 0.29) is 5.91 Å². The number of carbonyl (C=O) groups is 2. The summed E-state index contributed by atoms with van der Waals surface area (Å²) in [7, 11) is 1.33. The van der Waals surface area contributed by atoms with Crippen molar-refractivity contribution >= 4 is 45.7 Å². The highest BCUT2D eigenvalue weighted by Gasteiger charge is 2.38. The van der Waals surface area contributed by atoms with E-state index in [1.807, 2.05) is 60.0 Å². The van der Waals surface area contributed by atoms with Gasteiger partial charge in [-0.25, -0.2) is 4.79 Å². The molecule has 1 aliphatic heterocycles. The van der Waals surface area contributed by atoms with E-state index in [2.05, 4.69) is 0 Å². The number of benzene rings is 2. The van der Waals surface area contributed by atoms with Crippen molar-refractivity contribution in [3.8, 4) is 0 Å². The van der Waals surface area contributed by atoms with Gasteiger partial charge in [-0.05, 0) is 35.9 Å². The van der Waals surface area contributed by atoms with Crippen LogP contribution in [0.1, 0.15) is 11.8 Å². The number of methoxy groups -OCH3 is 1. The minimum absolute atomic E-state index is 0.224. The van der Waals surface area contributed by atoms with Crippen LogP contribution < -0.4 is 4.90 Å². The van der Waals surface area contributed by atoms with Crippen LogP contribution in [0.5, 0.6) is 0 Å². The van der Waals surface area contributed by atoms with Crippen molar-refractivity contribution in [3.05, 3.63) is 81.7 Å². The van der Waals surface area contributed by atoms with Crippen molar-refractivity contribution in [1.29, 1.82) is 0 Å². The maximum Gasteiger partial charge on any atom is 0.340 e. The number of anilines is 1. The highest BCUT2D eigenvalue weighted by atomic mass is 32.1. The molecule has 1 aliphatic rings. The summed E-state index contributed by atoms with van der Waals surface area (Å²) in [5.74, 6) is -0.732. The highest BCUT2D eigenvalue weighted by molar-refractivity contribution is 7.10. The summed E-state index contributed by atoms with van der Waals surface area (Å²) in [4.78, 5) is 28.3. The molecule has 0 atom stereocenters. The number of amides is 1. The lowest BCUT2D eigenvalue weighted by atomic mass is 10.1. The molecule has 0 saturated heterocycles. The third kappa shape index (κ3) is 2.86. The molecular weight excluding hydrogens is 358 g/mol. The SMILES string of the molecule is COC(=O)C1=C(C)N(c2cccc3ccccc23)C(=O)C1=Cc1cccs1. The normalized spacial score (nSPS) is 15.9. The van der Waals surface area contributed by atoms with E-state index in [0.717, 1.165) is 21.3 Å². The van der Waals surface area contributed by atoms with Crippen LogP contribution in [0.25, 0.3) is 16.8 Å². The Balaban J connectivity index is 1.93. The summed E-state index contributed by atoms with van der Waals surface area (Å²) in [5, 5.41) is 3.92. The van der Waals surface area contributed by atoms with Gasteiger partial charge in [0.2, 0.25) is 0 Å². The summed E-state index contributed by atoms with van der Waals surface area (Å²) in [6.45, 7) is 1.78. The van der Waals surface area contributed by atoms with E-state index in [1.54, 1.807) is 17.9 Å². The molecule has 2 heterocycles. The predicted octanol–water partition coefficient (Wildman–Crippen LogP) is 4.78. The number of fused-ring (bicyclic) bond motifs is 1. The van der Waals surface area contributed by atoms with Crippen molar-refractivity contribution in [2.45, 2.75) is 6.92 Å². The molecule has 1 aromatic heterocycles. The molecule has 0 fully saturated rings. The molecular formula is C22H17NO3S. The van der Waals surface area contributed by atoms with E-state index in [0.29, 0.717) is 16.8 Å². The van der Waals surface area contributed by atoms with Gasteiger partial charge in [-0.2, -0.15) is 0 Å². The van der Waals surface area contributed by atoms with Crippen LogP contribution in [0, 0.1) is 0 Å². The number of allylic oxidation sites excluding steroid dienone is 1. The van der Waals surface area contributed by atoms with Crippen LogP contribution >= 0.6 is 11.3 Å². The quantitative estimate of drug-likeness (QED) is 0.489. The number of nitrogens with zero attached hydrogens (tertiary/aromatic N) is 1. The maximum absolute atomic E-state index is 13.3. The van der Waals surface area contributed by atoms with Crippen LogP contribution in [-0.4, -0.2) is 19.0 Å². The molecule has 0 aliphatic carbocycles. The van der Waals surface area contributed by atoms with E-state index in [9.17, 15) is 9.59 Å². The molecule has 27 heavy (non-hydrogen) atoms. The van der Waals surface area contributed by atoms with Crippen molar-refractivity contribution in [3.63, 3.8) is 0 Å². The summed E-state index contributed by atoms with van der Waals surface area (Å²) >= 11 is 1.51. The van der Waals surface area contributed by atoms with Crippen LogP contribution in [0.2, 0.25) is 0 Å². The summed E-state index contributed by atoms with van der Waals surface area (Å²) in [6.07, 6.45) is 1.76. The minimum Gasteiger partial charge on any atom is -0.465 e. The van der Waals surface area contributed by atoms with E-state index >= 15 is 0 Å². The molecule has 0 N–H and O–H groups in total. The number of hydrogen-bond acceptors (Lipinski definition) is 4. The third-order valence-electron chi connectivity index (χ3n) is 4.63. The van der Waals surface area contributed by atoms with Gasteiger partial charge in [0.15, 0.2) is 0 Å². The van der Waals surface area contributed by atoms with Crippen molar-refractivity contribution in [2.24, 2.45) is 0 Å². The Kier molecular flexibility index (Phi) is 4.38. The molecule has 1 amide bonds. The molecule has 0 spiro atoms. The predicted molar refractivity (Wildman–Crippen MR) is 108 cm³/mol. The molecule has 4 rings (SSSR count). The molecule has 134 valence electrons. The number of carbonyl (C=O) groups excluding carboxylic acids is 2. The first-order valence-electron chi connectivity index (χ1n) is 8.49. The summed E-state index contributed by atoms with van der Waals surface area (Å²) < 4.78 is 4.96. The summed E-state index contributed by atoms with van der Waals surface area (Å²) in [6, 6.07) is 17.5. The Bertz CT molecular complexity index is 1100. The molecule has 2 aromatic carbocycles. The van der Waals surface area contributed by atoms with Gasteiger partial charge in [-0.1, -0.05) is 42.5 Å². The van der Waals surface area contributed by atoms with Gasteiger partial charge >= 0.3 is 5.97 Å². The van der Waals surface area contributed by atoms with Gasteiger partial charge in [0.25, 0.3) is 5.91 Å². The fourth-order valence-corrected chi connectivity index (χ4v) is 4.05. The Morgan fingerprint density at radius 2 is 1.85 bits per heavy atom. The lowest BCUT2D eigenvalue weighted by Gasteiger charge is -2.20. The molecule has 0 saturated carbocycles. The largest absolute Gasteiger partial charge is 0.465 e. The monoisotopic (exact) mass is 375 g/mol. The molecule has 0 radical (unpaired) electrons. The van der Waals surface area contributed by atoms with Crippen LogP contribution in [-0.2, 0) is 14.3 Å². The van der Waals surface area contributed by atoms with E-state index < -0.39 is 5.97 Å². The van der Waals surface area contributed by atoms with Crippen molar-refractivity contribution in [2.75, 3.05) is 12.0 Å². The smallest absolute Gasteiger partial charge is 0.340 e. The second-order valence-corrected chi connectivity index (χ2v) is 7.14. The van der Waals surface area contributed by atoms with Crippen LogP contribution in [0.15, 0.2) is 76.8 Å². The minimum atomic E-state index is -0.508. The van der Waals surface area contributed by atoms with Crippen molar-refractivity contribution < 1.29 is 14.3 Å². The standard InChI is InChI=1S/C22H17NO3S/c1-14-20(22(25)26-2)18(13-16-9-6-12-27-16)21(24)23(14)19-11-5-8-15-7-3-4-10-17(15)19/h3-13H,1-2H3. The second kappa shape index (κ2) is 6.85. The Labute approximate surface area is 161 Å². The van der Waals surface area contributed by atoms with Crippen molar-refractivity contribution in [1.82, 2.24) is 0 Å². The van der Waals surface area contributed by atoms with E-state index in [4.69, 9.17) is 4.74 Å². The summed E-state index contributed by atoms with van der Waals surface area (Å²) in [5.41, 5.74) is 2.00. The fraction of sp³-hybridized carbons (Fsp3) is 0.0909. The fourth-order valence-electron chi connectivity index (χ4n) is 3.39. The molecule has 0 bridgehead atoms. The lowest BCUT2D eigenvalue weighted by molar-refractivity contribution is -0.136. The second-order valence-electron chi connectivity index (χ2n) is 6.16. The van der Waals surface area contributed by atoms with Gasteiger partial charge in [0, 0.05) is 16.0 Å². The average molecular weight is 375 g/mol. The Hall–Kier alpha value is -3.18. The first-order valence-corrected chi connectivity index (χ1v) is 9.36. The zero-order valence-corrected chi connectivity index (χ0v) is 15.7. The van der Waals surface area contributed by atoms with Gasteiger partial charge < -0.3 is 4.74 Å². The number of esters is 1. The zero-order chi connectivity index (χ0) is 19.0. The topological polar surface area (TPSA) is 46.6 Å². The zero-order valence-electron chi connectivity index (χ0n) is 14.9. The van der Waals surface area contributed by atoms with Gasteiger partial charge in [0.1, 0.15) is 0 Å². The number of hydrogen-bond donors (Lipinski definition) is 0. The first-order chi connectivity index (χ1) is 13.1. The average Bonchev–Trinajstić information content (AvgIpc) is 3.28. The van der Waals surface area contributed by atoms with Gasteiger partial charge in [0.05, 0.1) is 23.9 Å². The first kappa shape index (κ1) is 17.2. The van der Waals surface area contributed by atoms with Gasteiger partial charge in [-0.15, -0.1) is 11.3 Å².